The third-order valence-corrected chi connectivity index (χ3v) is 2.09. The van der Waals surface area contributed by atoms with Gasteiger partial charge in [0, 0.05) is 0 Å². The highest BCUT2D eigenvalue weighted by Gasteiger charge is 2.08. The van der Waals surface area contributed by atoms with E-state index in [2.05, 4.69) is 5.11 Å². The van der Waals surface area contributed by atoms with Crippen molar-refractivity contribution in [2.75, 3.05) is 0 Å². The maximum Gasteiger partial charge on any atom is 0.119 e. The lowest BCUT2D eigenvalue weighted by Gasteiger charge is -2.10. The molecule has 1 aromatic rings. The van der Waals surface area contributed by atoms with E-state index >= 15 is 0 Å². The van der Waals surface area contributed by atoms with Crippen molar-refractivity contribution in [2.45, 2.75) is 26.7 Å². The second kappa shape index (κ2) is 3.56. The summed E-state index contributed by atoms with van der Waals surface area (Å²) in [5.41, 5.74) is 9.24. The number of phenols is 1. The number of nitrogens with one attached hydrogen (secondary N) is 1. The van der Waals surface area contributed by atoms with Crippen LogP contribution in [0.25, 0.3) is 0 Å². The molecule has 0 atom stereocenters. The van der Waals surface area contributed by atoms with Gasteiger partial charge in [0.05, 0.1) is 5.69 Å². The minimum absolute atomic E-state index is 0.251. The van der Waals surface area contributed by atoms with Crippen LogP contribution >= 0.6 is 0 Å². The Balaban J connectivity index is 3.30. The predicted molar refractivity (Wildman–Crippen MR) is 51.7 cm³/mol. The number of aromatic hydroxyl groups is 1. The molecule has 1 aromatic carbocycles. The van der Waals surface area contributed by atoms with Crippen molar-refractivity contribution in [3.63, 3.8) is 0 Å². The van der Waals surface area contributed by atoms with Crippen LogP contribution in [0.1, 0.15) is 30.9 Å². The second-order valence-electron chi connectivity index (χ2n) is 3.46. The molecule has 13 heavy (non-hydrogen) atoms. The standard InChI is InChI=1S/C10H14N2O/c1-6(2)8-5-9(12-11)7(3)4-10(8)13/h4-6,11,13H,1-3H3. The Hall–Kier alpha value is -1.38. The first-order chi connectivity index (χ1) is 6.06. The minimum Gasteiger partial charge on any atom is -0.508 e. The molecule has 0 bridgehead atoms. The van der Waals surface area contributed by atoms with Crippen LogP contribution in [0.5, 0.6) is 5.75 Å². The van der Waals surface area contributed by atoms with Crippen molar-refractivity contribution in [1.82, 2.24) is 0 Å². The quantitative estimate of drug-likeness (QED) is 0.669. The normalized spacial score (nSPS) is 10.5. The van der Waals surface area contributed by atoms with E-state index in [-0.39, 0.29) is 5.92 Å². The zero-order valence-electron chi connectivity index (χ0n) is 8.13. The van der Waals surface area contributed by atoms with Gasteiger partial charge in [0.2, 0.25) is 0 Å². The molecule has 0 heterocycles. The van der Waals surface area contributed by atoms with Crippen LogP contribution < -0.4 is 0 Å². The Morgan fingerprint density at radius 3 is 2.46 bits per heavy atom. The summed E-state index contributed by atoms with van der Waals surface area (Å²) in [6.07, 6.45) is 0. The molecule has 0 aliphatic heterocycles. The molecule has 0 unspecified atom stereocenters. The second-order valence-corrected chi connectivity index (χ2v) is 3.46. The van der Waals surface area contributed by atoms with Gasteiger partial charge < -0.3 is 5.11 Å². The van der Waals surface area contributed by atoms with E-state index in [4.69, 9.17) is 5.53 Å². The summed E-state index contributed by atoms with van der Waals surface area (Å²) in [5.74, 6) is 0.543. The molecule has 0 radical (unpaired) electrons. The van der Waals surface area contributed by atoms with Gasteiger partial charge in [0.15, 0.2) is 0 Å². The number of nitrogens with zero attached hydrogens (tertiary/aromatic N) is 1. The molecule has 70 valence electrons. The Labute approximate surface area is 77.9 Å². The van der Waals surface area contributed by atoms with Gasteiger partial charge in [-0.15, -0.1) is 0 Å². The highest BCUT2D eigenvalue weighted by molar-refractivity contribution is 5.53. The molecule has 0 spiro atoms. The van der Waals surface area contributed by atoms with Gasteiger partial charge in [-0.3, -0.25) is 0 Å². The lowest BCUT2D eigenvalue weighted by Crippen LogP contribution is -1.89. The smallest absolute Gasteiger partial charge is 0.119 e. The number of aryl methyl sites for hydroxylation is 1. The van der Waals surface area contributed by atoms with Gasteiger partial charge in [-0.05, 0) is 36.1 Å². The van der Waals surface area contributed by atoms with Crippen molar-refractivity contribution < 1.29 is 5.11 Å². The molecule has 3 heteroatoms. The van der Waals surface area contributed by atoms with Crippen molar-refractivity contribution in [1.29, 1.82) is 5.53 Å². The van der Waals surface area contributed by atoms with Crippen molar-refractivity contribution >= 4 is 5.69 Å². The third kappa shape index (κ3) is 1.86. The maximum absolute atomic E-state index is 9.58. The fraction of sp³-hybridized carbons (Fsp3) is 0.400. The average Bonchev–Trinajstić information content (AvgIpc) is 2.03. The maximum atomic E-state index is 9.58. The van der Waals surface area contributed by atoms with Crippen molar-refractivity contribution in [2.24, 2.45) is 5.11 Å². The molecule has 0 amide bonds. The van der Waals surface area contributed by atoms with Gasteiger partial charge in [-0.25, -0.2) is 5.53 Å². The number of phenolic OH excluding ortho intramolecular Hbond substituents is 1. The fourth-order valence-electron chi connectivity index (χ4n) is 1.28. The van der Waals surface area contributed by atoms with E-state index in [9.17, 15) is 5.11 Å². The summed E-state index contributed by atoms with van der Waals surface area (Å²) in [4.78, 5) is 0. The van der Waals surface area contributed by atoms with Gasteiger partial charge in [0.1, 0.15) is 5.75 Å². The minimum atomic E-state index is 0.251. The fourth-order valence-corrected chi connectivity index (χ4v) is 1.28. The number of hydrogen-bond donors (Lipinski definition) is 2. The van der Waals surface area contributed by atoms with Crippen LogP contribution in [0.4, 0.5) is 5.69 Å². The third-order valence-electron chi connectivity index (χ3n) is 2.09. The lowest BCUT2D eigenvalue weighted by atomic mass is 9.99. The lowest BCUT2D eigenvalue weighted by molar-refractivity contribution is 0.464. The summed E-state index contributed by atoms with van der Waals surface area (Å²) in [5, 5.41) is 13.0. The van der Waals surface area contributed by atoms with Gasteiger partial charge in [-0.1, -0.05) is 13.8 Å². The number of hydrogen-bond acceptors (Lipinski definition) is 3. The molecular weight excluding hydrogens is 164 g/mol. The van der Waals surface area contributed by atoms with Crippen molar-refractivity contribution in [3.8, 4) is 5.75 Å². The van der Waals surface area contributed by atoms with E-state index in [0.717, 1.165) is 11.1 Å². The first-order valence-corrected chi connectivity index (χ1v) is 4.27. The number of rotatable bonds is 2. The highest BCUT2D eigenvalue weighted by atomic mass is 16.3. The van der Waals surface area contributed by atoms with Crippen molar-refractivity contribution in [3.05, 3.63) is 23.3 Å². The summed E-state index contributed by atoms with van der Waals surface area (Å²) in [7, 11) is 0. The largest absolute Gasteiger partial charge is 0.508 e. The Bertz CT molecular complexity index is 332. The highest BCUT2D eigenvalue weighted by Crippen LogP contribution is 2.32. The first-order valence-electron chi connectivity index (χ1n) is 4.27. The van der Waals surface area contributed by atoms with E-state index in [1.54, 1.807) is 12.1 Å². The van der Waals surface area contributed by atoms with Crippen LogP contribution in [0.15, 0.2) is 17.2 Å². The van der Waals surface area contributed by atoms with Gasteiger partial charge >= 0.3 is 0 Å². The zero-order chi connectivity index (χ0) is 10.0. The van der Waals surface area contributed by atoms with E-state index in [1.807, 2.05) is 20.8 Å². The van der Waals surface area contributed by atoms with E-state index in [0.29, 0.717) is 11.4 Å². The average molecular weight is 178 g/mol. The molecule has 0 aliphatic carbocycles. The topological polar surface area (TPSA) is 56.4 Å². The Morgan fingerprint density at radius 2 is 2.00 bits per heavy atom. The van der Waals surface area contributed by atoms with Crippen LogP contribution in [-0.2, 0) is 0 Å². The van der Waals surface area contributed by atoms with Crippen LogP contribution in [-0.4, -0.2) is 5.11 Å². The number of benzene rings is 1. The van der Waals surface area contributed by atoms with E-state index < -0.39 is 0 Å². The van der Waals surface area contributed by atoms with Gasteiger partial charge in [-0.2, -0.15) is 5.11 Å². The van der Waals surface area contributed by atoms with Crippen LogP contribution in [0.2, 0.25) is 0 Å². The summed E-state index contributed by atoms with van der Waals surface area (Å²) in [6.45, 7) is 5.83. The Morgan fingerprint density at radius 1 is 1.38 bits per heavy atom. The monoisotopic (exact) mass is 178 g/mol. The van der Waals surface area contributed by atoms with Crippen LogP contribution in [0, 0.1) is 12.5 Å². The van der Waals surface area contributed by atoms with Gasteiger partial charge in [0.25, 0.3) is 0 Å². The predicted octanol–water partition coefficient (Wildman–Crippen LogP) is 3.49. The molecular formula is C10H14N2O. The Kier molecular flexibility index (Phi) is 2.66. The zero-order valence-corrected chi connectivity index (χ0v) is 8.13. The van der Waals surface area contributed by atoms with E-state index in [1.165, 1.54) is 0 Å². The molecule has 0 fully saturated rings. The SMILES string of the molecule is Cc1cc(O)c(C(C)C)cc1N=N. The summed E-state index contributed by atoms with van der Waals surface area (Å²) >= 11 is 0. The molecule has 0 saturated heterocycles. The first kappa shape index (κ1) is 9.71. The van der Waals surface area contributed by atoms with Crippen LogP contribution in [0.3, 0.4) is 0 Å². The molecule has 0 aliphatic rings. The molecule has 2 N–H and O–H groups in total. The molecule has 3 nitrogen and oxygen atoms in total. The summed E-state index contributed by atoms with van der Waals surface area (Å²) in [6, 6.07) is 3.42. The molecule has 0 aromatic heterocycles. The summed E-state index contributed by atoms with van der Waals surface area (Å²) < 4.78 is 0. The molecule has 1 rings (SSSR count). The molecule has 0 saturated carbocycles.